The average molecular weight is 339 g/mol. The first-order valence-corrected chi connectivity index (χ1v) is 8.82. The standard InChI is InChI=1S/C20H25N3O2/c1-22-15-21-13-19(22)18(16-7-3-2-4-8-16)10-6-12-23-11-5-9-17(14-23)20(24)25/h2-4,7-8,10,13,15,17H,5-6,9,11-12,14H2,1H3,(H,24,25). The Balaban J connectivity index is 1.72. The number of hydrogen-bond donors (Lipinski definition) is 1. The van der Waals surface area contributed by atoms with Gasteiger partial charge in [0.15, 0.2) is 0 Å². The fourth-order valence-corrected chi connectivity index (χ4v) is 3.46. The molecule has 2 aromatic rings. The summed E-state index contributed by atoms with van der Waals surface area (Å²) in [5.41, 5.74) is 3.44. The first-order chi connectivity index (χ1) is 12.1. The number of aliphatic carboxylic acids is 1. The van der Waals surface area contributed by atoms with Crippen LogP contribution >= 0.6 is 0 Å². The van der Waals surface area contributed by atoms with Gasteiger partial charge in [0.25, 0.3) is 0 Å². The van der Waals surface area contributed by atoms with Crippen molar-refractivity contribution in [3.63, 3.8) is 0 Å². The minimum absolute atomic E-state index is 0.219. The van der Waals surface area contributed by atoms with Gasteiger partial charge in [0.2, 0.25) is 0 Å². The molecule has 25 heavy (non-hydrogen) atoms. The number of imidazole rings is 1. The normalized spacial score (nSPS) is 19.1. The van der Waals surface area contributed by atoms with E-state index in [1.54, 1.807) is 0 Å². The molecular weight excluding hydrogens is 314 g/mol. The van der Waals surface area contributed by atoms with Crippen molar-refractivity contribution in [1.29, 1.82) is 0 Å². The second-order valence-corrected chi connectivity index (χ2v) is 6.64. The monoisotopic (exact) mass is 339 g/mol. The molecule has 1 N–H and O–H groups in total. The average Bonchev–Trinajstić information content (AvgIpc) is 3.05. The number of nitrogens with zero attached hydrogens (tertiary/aromatic N) is 3. The minimum atomic E-state index is -0.667. The molecule has 1 fully saturated rings. The minimum Gasteiger partial charge on any atom is -0.481 e. The third-order valence-electron chi connectivity index (χ3n) is 4.83. The van der Waals surface area contributed by atoms with Crippen LogP contribution in [0.1, 0.15) is 30.5 Å². The molecule has 1 aliphatic heterocycles. The number of carboxylic acids is 1. The summed E-state index contributed by atoms with van der Waals surface area (Å²) in [6.45, 7) is 2.54. The van der Waals surface area contributed by atoms with E-state index in [0.29, 0.717) is 6.54 Å². The summed E-state index contributed by atoms with van der Waals surface area (Å²) in [4.78, 5) is 17.7. The fourth-order valence-electron chi connectivity index (χ4n) is 3.46. The highest BCUT2D eigenvalue weighted by Crippen LogP contribution is 2.24. The van der Waals surface area contributed by atoms with Gasteiger partial charge in [0, 0.05) is 25.7 Å². The zero-order chi connectivity index (χ0) is 17.6. The van der Waals surface area contributed by atoms with E-state index in [-0.39, 0.29) is 5.92 Å². The van der Waals surface area contributed by atoms with Crippen LogP contribution in [0.3, 0.4) is 0 Å². The van der Waals surface area contributed by atoms with E-state index in [9.17, 15) is 9.90 Å². The first-order valence-electron chi connectivity index (χ1n) is 8.82. The van der Waals surface area contributed by atoms with Crippen LogP contribution in [-0.4, -0.2) is 45.2 Å². The van der Waals surface area contributed by atoms with Crippen LogP contribution in [0.5, 0.6) is 0 Å². The van der Waals surface area contributed by atoms with Crippen LogP contribution in [-0.2, 0) is 11.8 Å². The molecule has 5 heteroatoms. The predicted molar refractivity (Wildman–Crippen MR) is 98.1 cm³/mol. The Hall–Kier alpha value is -2.40. The molecular formula is C20H25N3O2. The second kappa shape index (κ2) is 8.12. The third kappa shape index (κ3) is 4.37. The van der Waals surface area contributed by atoms with Crippen LogP contribution in [0, 0.1) is 5.92 Å². The molecule has 1 aromatic carbocycles. The van der Waals surface area contributed by atoms with Gasteiger partial charge in [-0.2, -0.15) is 0 Å². The first kappa shape index (κ1) is 17.4. The van der Waals surface area contributed by atoms with Crippen molar-refractivity contribution in [3.05, 3.63) is 60.2 Å². The van der Waals surface area contributed by atoms with E-state index in [1.165, 1.54) is 11.1 Å². The van der Waals surface area contributed by atoms with Crippen molar-refractivity contribution < 1.29 is 9.90 Å². The van der Waals surface area contributed by atoms with Crippen LogP contribution < -0.4 is 0 Å². The van der Waals surface area contributed by atoms with Crippen molar-refractivity contribution >= 4 is 11.5 Å². The molecule has 2 heterocycles. The lowest BCUT2D eigenvalue weighted by atomic mass is 9.98. The van der Waals surface area contributed by atoms with E-state index >= 15 is 0 Å². The molecule has 0 aliphatic carbocycles. The summed E-state index contributed by atoms with van der Waals surface area (Å²) in [6.07, 6.45) is 8.60. The number of likely N-dealkylation sites (tertiary alicyclic amines) is 1. The van der Waals surface area contributed by atoms with E-state index in [2.05, 4.69) is 28.1 Å². The number of carboxylic acid groups (broad SMARTS) is 1. The molecule has 1 atom stereocenters. The van der Waals surface area contributed by atoms with Crippen LogP contribution in [0.15, 0.2) is 48.9 Å². The molecule has 0 spiro atoms. The number of hydrogen-bond acceptors (Lipinski definition) is 3. The molecule has 0 radical (unpaired) electrons. The van der Waals surface area contributed by atoms with Gasteiger partial charge >= 0.3 is 5.97 Å². The van der Waals surface area contributed by atoms with Crippen molar-refractivity contribution in [1.82, 2.24) is 14.5 Å². The van der Waals surface area contributed by atoms with Gasteiger partial charge in [-0.1, -0.05) is 36.4 Å². The molecule has 1 aliphatic rings. The maximum Gasteiger partial charge on any atom is 0.307 e. The van der Waals surface area contributed by atoms with Crippen molar-refractivity contribution in [2.45, 2.75) is 19.3 Å². The van der Waals surface area contributed by atoms with Crippen molar-refractivity contribution in [2.75, 3.05) is 19.6 Å². The summed E-state index contributed by atoms with van der Waals surface area (Å²) < 4.78 is 2.03. The lowest BCUT2D eigenvalue weighted by molar-refractivity contribution is -0.143. The molecule has 1 saturated heterocycles. The Morgan fingerprint density at radius 3 is 2.84 bits per heavy atom. The SMILES string of the molecule is Cn1cncc1C(=CCCN1CCCC(C(=O)O)C1)c1ccccc1. The van der Waals surface area contributed by atoms with Gasteiger partial charge in [-0.15, -0.1) is 0 Å². The number of aryl methyl sites for hydroxylation is 1. The number of piperidine rings is 1. The summed E-state index contributed by atoms with van der Waals surface area (Å²) in [5, 5.41) is 9.23. The fraction of sp³-hybridized carbons (Fsp3) is 0.400. The Bertz CT molecular complexity index is 736. The Morgan fingerprint density at radius 1 is 1.36 bits per heavy atom. The van der Waals surface area contributed by atoms with Gasteiger partial charge in [-0.3, -0.25) is 4.79 Å². The molecule has 132 valence electrons. The van der Waals surface area contributed by atoms with Crippen LogP contribution in [0.4, 0.5) is 0 Å². The van der Waals surface area contributed by atoms with E-state index in [1.807, 2.05) is 42.3 Å². The van der Waals surface area contributed by atoms with Gasteiger partial charge in [-0.05, 0) is 31.4 Å². The van der Waals surface area contributed by atoms with Crippen LogP contribution in [0.25, 0.3) is 5.57 Å². The maximum absolute atomic E-state index is 11.2. The lowest BCUT2D eigenvalue weighted by Gasteiger charge is -2.30. The Kier molecular flexibility index (Phi) is 5.66. The number of benzene rings is 1. The van der Waals surface area contributed by atoms with Gasteiger partial charge in [0.05, 0.1) is 24.1 Å². The highest BCUT2D eigenvalue weighted by Gasteiger charge is 2.24. The van der Waals surface area contributed by atoms with E-state index in [4.69, 9.17) is 0 Å². The number of rotatable bonds is 6. The van der Waals surface area contributed by atoms with Gasteiger partial charge in [0.1, 0.15) is 0 Å². The molecule has 5 nitrogen and oxygen atoms in total. The summed E-state index contributed by atoms with van der Waals surface area (Å²) in [5.74, 6) is -0.886. The molecule has 1 unspecified atom stereocenters. The second-order valence-electron chi connectivity index (χ2n) is 6.64. The van der Waals surface area contributed by atoms with Crippen LogP contribution in [0.2, 0.25) is 0 Å². The number of carbonyl (C=O) groups is 1. The molecule has 3 rings (SSSR count). The Labute approximate surface area is 148 Å². The smallest absolute Gasteiger partial charge is 0.307 e. The zero-order valence-corrected chi connectivity index (χ0v) is 14.6. The van der Waals surface area contributed by atoms with Crippen molar-refractivity contribution in [2.24, 2.45) is 13.0 Å². The van der Waals surface area contributed by atoms with Gasteiger partial charge < -0.3 is 14.6 Å². The summed E-state index contributed by atoms with van der Waals surface area (Å²) in [7, 11) is 2.00. The number of aromatic nitrogens is 2. The molecule has 0 bridgehead atoms. The summed E-state index contributed by atoms with van der Waals surface area (Å²) in [6, 6.07) is 10.3. The summed E-state index contributed by atoms with van der Waals surface area (Å²) >= 11 is 0. The molecule has 0 amide bonds. The highest BCUT2D eigenvalue weighted by atomic mass is 16.4. The van der Waals surface area contributed by atoms with Gasteiger partial charge in [-0.25, -0.2) is 4.98 Å². The predicted octanol–water partition coefficient (Wildman–Crippen LogP) is 3.04. The van der Waals surface area contributed by atoms with E-state index < -0.39 is 5.97 Å². The van der Waals surface area contributed by atoms with E-state index in [0.717, 1.165) is 38.0 Å². The molecule has 1 aromatic heterocycles. The quantitative estimate of drug-likeness (QED) is 0.879. The largest absolute Gasteiger partial charge is 0.481 e. The highest BCUT2D eigenvalue weighted by molar-refractivity contribution is 5.77. The third-order valence-corrected chi connectivity index (χ3v) is 4.83. The topological polar surface area (TPSA) is 58.4 Å². The maximum atomic E-state index is 11.2. The van der Waals surface area contributed by atoms with Crippen molar-refractivity contribution in [3.8, 4) is 0 Å². The molecule has 0 saturated carbocycles. The lowest BCUT2D eigenvalue weighted by Crippen LogP contribution is -2.39. The zero-order valence-electron chi connectivity index (χ0n) is 14.6. The Morgan fingerprint density at radius 2 is 2.16 bits per heavy atom.